The molecule has 2 aromatic carbocycles. The molecule has 0 saturated carbocycles. The molecule has 94 valence electrons. The second-order valence-electron chi connectivity index (χ2n) is 3.96. The third-order valence-electron chi connectivity index (χ3n) is 2.67. The van der Waals surface area contributed by atoms with Crippen molar-refractivity contribution in [3.05, 3.63) is 70.8 Å². The zero-order valence-corrected chi connectivity index (χ0v) is 10.6. The Morgan fingerprint density at radius 3 is 2.53 bits per heavy atom. The van der Waals surface area contributed by atoms with Gasteiger partial charge < -0.3 is 4.42 Å². The SMILES string of the molecule is O=c1cc(Sc2ccccc2F)c2ccccc2o1. The normalized spacial score (nSPS) is 10.8. The number of rotatable bonds is 2. The van der Waals surface area contributed by atoms with Gasteiger partial charge in [0.15, 0.2) is 0 Å². The first-order chi connectivity index (χ1) is 9.24. The van der Waals surface area contributed by atoms with E-state index in [0.717, 1.165) is 5.39 Å². The van der Waals surface area contributed by atoms with Crippen LogP contribution < -0.4 is 5.63 Å². The zero-order chi connectivity index (χ0) is 13.2. The molecule has 0 bridgehead atoms. The van der Waals surface area contributed by atoms with Gasteiger partial charge in [-0.3, -0.25) is 0 Å². The summed E-state index contributed by atoms with van der Waals surface area (Å²) in [4.78, 5) is 12.7. The van der Waals surface area contributed by atoms with E-state index in [1.54, 1.807) is 30.3 Å². The molecule has 4 heteroatoms. The minimum atomic E-state index is -0.433. The highest BCUT2D eigenvalue weighted by Crippen LogP contribution is 2.33. The molecule has 0 aliphatic carbocycles. The largest absolute Gasteiger partial charge is 0.423 e. The molecule has 0 unspecified atom stereocenters. The van der Waals surface area contributed by atoms with Gasteiger partial charge >= 0.3 is 5.63 Å². The van der Waals surface area contributed by atoms with Crippen molar-refractivity contribution in [1.29, 1.82) is 0 Å². The second kappa shape index (κ2) is 4.90. The number of para-hydroxylation sites is 1. The number of fused-ring (bicyclic) bond motifs is 1. The van der Waals surface area contributed by atoms with E-state index < -0.39 is 5.63 Å². The monoisotopic (exact) mass is 272 g/mol. The molecule has 3 rings (SSSR count). The van der Waals surface area contributed by atoms with Gasteiger partial charge in [0.2, 0.25) is 0 Å². The summed E-state index contributed by atoms with van der Waals surface area (Å²) in [6.45, 7) is 0. The van der Waals surface area contributed by atoms with Crippen molar-refractivity contribution < 1.29 is 8.81 Å². The van der Waals surface area contributed by atoms with Crippen LogP contribution in [0.4, 0.5) is 4.39 Å². The Labute approximate surface area is 112 Å². The maximum atomic E-state index is 13.7. The van der Waals surface area contributed by atoms with Crippen LogP contribution in [-0.4, -0.2) is 0 Å². The van der Waals surface area contributed by atoms with E-state index in [4.69, 9.17) is 4.42 Å². The molecule has 19 heavy (non-hydrogen) atoms. The molecule has 0 N–H and O–H groups in total. The average molecular weight is 272 g/mol. The molecular formula is C15H9FO2S. The van der Waals surface area contributed by atoms with Gasteiger partial charge in [0.25, 0.3) is 0 Å². The summed E-state index contributed by atoms with van der Waals surface area (Å²) in [7, 11) is 0. The van der Waals surface area contributed by atoms with Gasteiger partial charge in [-0.2, -0.15) is 0 Å². The van der Waals surface area contributed by atoms with Crippen molar-refractivity contribution in [2.45, 2.75) is 9.79 Å². The minimum Gasteiger partial charge on any atom is -0.423 e. The smallest absolute Gasteiger partial charge is 0.337 e. The minimum absolute atomic E-state index is 0.301. The topological polar surface area (TPSA) is 30.2 Å². The molecule has 1 heterocycles. The third-order valence-corrected chi connectivity index (χ3v) is 3.78. The molecule has 0 atom stereocenters. The van der Waals surface area contributed by atoms with Crippen LogP contribution in [0.3, 0.4) is 0 Å². The Morgan fingerprint density at radius 2 is 1.68 bits per heavy atom. The van der Waals surface area contributed by atoms with E-state index in [0.29, 0.717) is 15.4 Å². The van der Waals surface area contributed by atoms with Gasteiger partial charge in [-0.05, 0) is 18.2 Å². The van der Waals surface area contributed by atoms with E-state index in [1.165, 1.54) is 23.9 Å². The van der Waals surface area contributed by atoms with Gasteiger partial charge in [0, 0.05) is 21.2 Å². The number of hydrogen-bond donors (Lipinski definition) is 0. The van der Waals surface area contributed by atoms with Crippen LogP contribution in [0.5, 0.6) is 0 Å². The number of halogens is 1. The lowest BCUT2D eigenvalue weighted by molar-refractivity contribution is 0.557. The fraction of sp³-hybridized carbons (Fsp3) is 0. The first-order valence-electron chi connectivity index (χ1n) is 5.69. The van der Waals surface area contributed by atoms with Crippen molar-refractivity contribution >= 4 is 22.7 Å². The van der Waals surface area contributed by atoms with Crippen molar-refractivity contribution in [3.8, 4) is 0 Å². The number of hydrogen-bond acceptors (Lipinski definition) is 3. The van der Waals surface area contributed by atoms with Crippen LogP contribution in [0.1, 0.15) is 0 Å². The van der Waals surface area contributed by atoms with Crippen molar-refractivity contribution in [1.82, 2.24) is 0 Å². The van der Waals surface area contributed by atoms with Crippen molar-refractivity contribution in [2.24, 2.45) is 0 Å². The summed E-state index contributed by atoms with van der Waals surface area (Å²) in [5.41, 5.74) is 0.0754. The Morgan fingerprint density at radius 1 is 0.947 bits per heavy atom. The van der Waals surface area contributed by atoms with Crippen LogP contribution in [0.15, 0.2) is 73.6 Å². The second-order valence-corrected chi connectivity index (χ2v) is 5.04. The molecule has 2 nitrogen and oxygen atoms in total. The van der Waals surface area contributed by atoms with E-state index in [2.05, 4.69) is 0 Å². The van der Waals surface area contributed by atoms with Gasteiger partial charge in [0.05, 0.1) is 0 Å². The van der Waals surface area contributed by atoms with Crippen LogP contribution in [0, 0.1) is 5.82 Å². The third kappa shape index (κ3) is 2.39. The Balaban J connectivity index is 2.15. The van der Waals surface area contributed by atoms with E-state index in [9.17, 15) is 9.18 Å². The maximum absolute atomic E-state index is 13.7. The highest BCUT2D eigenvalue weighted by molar-refractivity contribution is 7.99. The fourth-order valence-corrected chi connectivity index (χ4v) is 2.80. The summed E-state index contributed by atoms with van der Waals surface area (Å²) in [6.07, 6.45) is 0. The molecule has 0 radical (unpaired) electrons. The molecule has 0 amide bonds. The lowest BCUT2D eigenvalue weighted by Crippen LogP contribution is -1.97. The van der Waals surface area contributed by atoms with Gasteiger partial charge in [-0.1, -0.05) is 42.1 Å². The van der Waals surface area contributed by atoms with E-state index in [1.807, 2.05) is 12.1 Å². The Bertz CT molecular complexity index is 795. The fourth-order valence-electron chi connectivity index (χ4n) is 1.81. The van der Waals surface area contributed by atoms with Crippen molar-refractivity contribution in [3.63, 3.8) is 0 Å². The van der Waals surface area contributed by atoms with E-state index >= 15 is 0 Å². The summed E-state index contributed by atoms with van der Waals surface area (Å²) in [6, 6.07) is 15.1. The summed E-state index contributed by atoms with van der Waals surface area (Å²) < 4.78 is 18.8. The quantitative estimate of drug-likeness (QED) is 0.658. The van der Waals surface area contributed by atoms with Gasteiger partial charge in [-0.25, -0.2) is 9.18 Å². The average Bonchev–Trinajstić information content (AvgIpc) is 2.41. The van der Waals surface area contributed by atoms with Crippen LogP contribution in [-0.2, 0) is 0 Å². The van der Waals surface area contributed by atoms with Gasteiger partial charge in [0.1, 0.15) is 11.4 Å². The van der Waals surface area contributed by atoms with Crippen LogP contribution in [0.2, 0.25) is 0 Å². The molecule has 0 spiro atoms. The molecular weight excluding hydrogens is 263 g/mol. The Kier molecular flexibility index (Phi) is 3.09. The standard InChI is InChI=1S/C15H9FO2S/c16-11-6-2-4-8-13(11)19-14-9-15(17)18-12-7-3-1-5-10(12)14/h1-9H. The first-order valence-corrected chi connectivity index (χ1v) is 6.51. The predicted molar refractivity (Wildman–Crippen MR) is 73.0 cm³/mol. The van der Waals surface area contributed by atoms with Gasteiger partial charge in [-0.15, -0.1) is 0 Å². The summed E-state index contributed by atoms with van der Waals surface area (Å²) in [5, 5.41) is 0.801. The summed E-state index contributed by atoms with van der Waals surface area (Å²) >= 11 is 1.22. The molecule has 3 aromatic rings. The molecule has 0 fully saturated rings. The van der Waals surface area contributed by atoms with Crippen LogP contribution >= 0.6 is 11.8 Å². The number of benzene rings is 2. The first kappa shape index (κ1) is 12.0. The highest BCUT2D eigenvalue weighted by atomic mass is 32.2. The van der Waals surface area contributed by atoms with Crippen LogP contribution in [0.25, 0.3) is 11.0 Å². The molecule has 0 aliphatic heterocycles. The molecule has 1 aromatic heterocycles. The zero-order valence-electron chi connectivity index (χ0n) is 9.80. The molecule has 0 aliphatic rings. The van der Waals surface area contributed by atoms with Crippen molar-refractivity contribution in [2.75, 3.05) is 0 Å². The van der Waals surface area contributed by atoms with E-state index in [-0.39, 0.29) is 5.82 Å². The molecule has 0 saturated heterocycles. The highest BCUT2D eigenvalue weighted by Gasteiger charge is 2.09. The summed E-state index contributed by atoms with van der Waals surface area (Å²) in [5.74, 6) is -0.301. The maximum Gasteiger partial charge on any atom is 0.337 e. The Hall–Kier alpha value is -2.07. The predicted octanol–water partition coefficient (Wildman–Crippen LogP) is 4.08. The lowest BCUT2D eigenvalue weighted by atomic mass is 10.2. The lowest BCUT2D eigenvalue weighted by Gasteiger charge is -2.05.